The molecule has 0 bridgehead atoms. The van der Waals surface area contributed by atoms with Crippen LogP contribution in [0.5, 0.6) is 0 Å². The Balaban J connectivity index is 2.96. The Labute approximate surface area is 68.8 Å². The normalized spacial score (nSPS) is 10.4. The lowest BCUT2D eigenvalue weighted by Gasteiger charge is -2.01. The second kappa shape index (κ2) is 3.10. The van der Waals surface area contributed by atoms with E-state index in [1.165, 1.54) is 0 Å². The summed E-state index contributed by atoms with van der Waals surface area (Å²) in [4.78, 5) is 8.03. The summed E-state index contributed by atoms with van der Waals surface area (Å²) in [6, 6.07) is 1.94. The zero-order valence-electron chi connectivity index (χ0n) is 6.00. The molecule has 0 spiro atoms. The summed E-state index contributed by atoms with van der Waals surface area (Å²) in [5.41, 5.74) is 1.07. The summed E-state index contributed by atoms with van der Waals surface area (Å²) in [6.45, 7) is 4.21. The van der Waals surface area contributed by atoms with Crippen LogP contribution in [0, 0.1) is 0 Å². The molecule has 3 heteroatoms. The monoisotopic (exact) mass is 200 g/mol. The Bertz CT molecular complexity index is 223. The molecule has 54 valence electrons. The maximum Gasteiger partial charge on any atom is 0.116 e. The van der Waals surface area contributed by atoms with Crippen LogP contribution in [0.2, 0.25) is 0 Å². The maximum atomic E-state index is 4.10. The highest BCUT2D eigenvalue weighted by Crippen LogP contribution is 2.13. The molecule has 2 nitrogen and oxygen atoms in total. The van der Waals surface area contributed by atoms with E-state index in [0.29, 0.717) is 5.92 Å². The molecule has 0 saturated carbocycles. The first-order chi connectivity index (χ1) is 4.70. The van der Waals surface area contributed by atoms with Crippen LogP contribution in [0.25, 0.3) is 0 Å². The van der Waals surface area contributed by atoms with Gasteiger partial charge >= 0.3 is 0 Å². The summed E-state index contributed by atoms with van der Waals surface area (Å²) in [7, 11) is 0. The summed E-state index contributed by atoms with van der Waals surface area (Å²) in [5, 5.41) is 0. The van der Waals surface area contributed by atoms with Crippen molar-refractivity contribution in [2.75, 3.05) is 0 Å². The van der Waals surface area contributed by atoms with E-state index in [0.717, 1.165) is 10.3 Å². The van der Waals surface area contributed by atoms with Crippen LogP contribution in [-0.2, 0) is 0 Å². The molecular weight excluding hydrogens is 192 g/mol. The van der Waals surface area contributed by atoms with Gasteiger partial charge in [-0.05, 0) is 27.9 Å². The zero-order chi connectivity index (χ0) is 7.56. The predicted octanol–water partition coefficient (Wildman–Crippen LogP) is 2.36. The topological polar surface area (TPSA) is 25.8 Å². The minimum atomic E-state index is 0.472. The largest absolute Gasteiger partial charge is 0.241 e. The first-order valence-electron chi connectivity index (χ1n) is 3.17. The summed E-state index contributed by atoms with van der Waals surface area (Å²) in [6.07, 6.45) is 1.57. The molecule has 0 fully saturated rings. The van der Waals surface area contributed by atoms with Gasteiger partial charge in [0.25, 0.3) is 0 Å². The molecule has 0 aliphatic heterocycles. The minimum absolute atomic E-state index is 0.472. The van der Waals surface area contributed by atoms with Crippen LogP contribution in [0.4, 0.5) is 0 Å². The van der Waals surface area contributed by atoms with Crippen molar-refractivity contribution in [2.45, 2.75) is 19.8 Å². The number of rotatable bonds is 1. The van der Waals surface area contributed by atoms with E-state index < -0.39 is 0 Å². The molecule has 0 aliphatic rings. The molecule has 0 amide bonds. The van der Waals surface area contributed by atoms with Crippen molar-refractivity contribution >= 4 is 15.9 Å². The Morgan fingerprint density at radius 2 is 2.10 bits per heavy atom. The van der Waals surface area contributed by atoms with E-state index in [2.05, 4.69) is 39.7 Å². The Kier molecular flexibility index (Phi) is 2.38. The van der Waals surface area contributed by atoms with Crippen molar-refractivity contribution in [1.29, 1.82) is 0 Å². The lowest BCUT2D eigenvalue weighted by molar-refractivity contribution is 0.811. The van der Waals surface area contributed by atoms with Crippen molar-refractivity contribution in [3.05, 3.63) is 22.7 Å². The molecule has 0 unspecified atom stereocenters. The highest BCUT2D eigenvalue weighted by Gasteiger charge is 1.99. The molecule has 0 aromatic carbocycles. The third-order valence-corrected chi connectivity index (χ3v) is 1.68. The van der Waals surface area contributed by atoms with Gasteiger partial charge in [0.05, 0.1) is 0 Å². The predicted molar refractivity (Wildman–Crippen MR) is 43.8 cm³/mol. The minimum Gasteiger partial charge on any atom is -0.241 e. The van der Waals surface area contributed by atoms with Crippen LogP contribution in [0.3, 0.4) is 0 Å². The number of halogens is 1. The molecular formula is C7H9BrN2. The van der Waals surface area contributed by atoms with Crippen LogP contribution >= 0.6 is 15.9 Å². The van der Waals surface area contributed by atoms with Crippen LogP contribution in [-0.4, -0.2) is 9.97 Å². The molecule has 1 aromatic rings. The fourth-order valence-electron chi connectivity index (χ4n) is 0.663. The second-order valence-electron chi connectivity index (χ2n) is 2.42. The first kappa shape index (κ1) is 7.66. The molecule has 0 atom stereocenters. The van der Waals surface area contributed by atoms with E-state index in [1.807, 2.05) is 6.07 Å². The van der Waals surface area contributed by atoms with Crippen molar-refractivity contribution in [3.8, 4) is 0 Å². The summed E-state index contributed by atoms with van der Waals surface area (Å²) < 4.78 is 0.853. The third kappa shape index (κ3) is 1.77. The van der Waals surface area contributed by atoms with Gasteiger partial charge in [0.1, 0.15) is 10.9 Å². The van der Waals surface area contributed by atoms with Crippen LogP contribution in [0.1, 0.15) is 25.5 Å². The quantitative estimate of drug-likeness (QED) is 0.651. The molecule has 0 N–H and O–H groups in total. The third-order valence-electron chi connectivity index (χ3n) is 1.25. The smallest absolute Gasteiger partial charge is 0.116 e. The van der Waals surface area contributed by atoms with Gasteiger partial charge < -0.3 is 0 Å². The molecule has 1 rings (SSSR count). The Morgan fingerprint density at radius 1 is 1.40 bits per heavy atom. The maximum absolute atomic E-state index is 4.10. The van der Waals surface area contributed by atoms with Crippen molar-refractivity contribution in [2.24, 2.45) is 0 Å². The van der Waals surface area contributed by atoms with E-state index in [1.54, 1.807) is 6.33 Å². The van der Waals surface area contributed by atoms with Crippen molar-refractivity contribution < 1.29 is 0 Å². The molecule has 0 radical (unpaired) electrons. The van der Waals surface area contributed by atoms with Gasteiger partial charge in [0.2, 0.25) is 0 Å². The van der Waals surface area contributed by atoms with Gasteiger partial charge in [-0.25, -0.2) is 9.97 Å². The Morgan fingerprint density at radius 3 is 2.50 bits per heavy atom. The SMILES string of the molecule is CC(C)c1cc(Br)ncn1. The number of nitrogens with zero attached hydrogens (tertiary/aromatic N) is 2. The average Bonchev–Trinajstić information content (AvgIpc) is 1.88. The van der Waals surface area contributed by atoms with E-state index in [4.69, 9.17) is 0 Å². The molecule has 1 heterocycles. The van der Waals surface area contributed by atoms with Gasteiger partial charge in [-0.2, -0.15) is 0 Å². The van der Waals surface area contributed by atoms with E-state index in [9.17, 15) is 0 Å². The molecule has 10 heavy (non-hydrogen) atoms. The van der Waals surface area contributed by atoms with Gasteiger partial charge in [0, 0.05) is 5.69 Å². The second-order valence-corrected chi connectivity index (χ2v) is 3.23. The molecule has 0 aliphatic carbocycles. The summed E-state index contributed by atoms with van der Waals surface area (Å²) >= 11 is 3.28. The highest BCUT2D eigenvalue weighted by atomic mass is 79.9. The lowest BCUT2D eigenvalue weighted by Crippen LogP contribution is -1.92. The van der Waals surface area contributed by atoms with Crippen LogP contribution in [0.15, 0.2) is 17.0 Å². The van der Waals surface area contributed by atoms with Gasteiger partial charge in [-0.1, -0.05) is 13.8 Å². The number of hydrogen-bond acceptors (Lipinski definition) is 2. The van der Waals surface area contributed by atoms with Gasteiger partial charge in [-0.3, -0.25) is 0 Å². The lowest BCUT2D eigenvalue weighted by atomic mass is 10.1. The first-order valence-corrected chi connectivity index (χ1v) is 3.97. The standard InChI is InChI=1S/C7H9BrN2/c1-5(2)6-3-7(8)10-4-9-6/h3-5H,1-2H3. The fraction of sp³-hybridized carbons (Fsp3) is 0.429. The highest BCUT2D eigenvalue weighted by molar-refractivity contribution is 9.10. The Hall–Kier alpha value is -0.440. The van der Waals surface area contributed by atoms with E-state index in [-0.39, 0.29) is 0 Å². The molecule has 1 aromatic heterocycles. The van der Waals surface area contributed by atoms with Crippen molar-refractivity contribution in [3.63, 3.8) is 0 Å². The van der Waals surface area contributed by atoms with Crippen molar-refractivity contribution in [1.82, 2.24) is 9.97 Å². The molecule has 0 saturated heterocycles. The van der Waals surface area contributed by atoms with Gasteiger partial charge in [-0.15, -0.1) is 0 Å². The fourth-order valence-corrected chi connectivity index (χ4v) is 0.989. The van der Waals surface area contributed by atoms with E-state index >= 15 is 0 Å². The summed E-state index contributed by atoms with van der Waals surface area (Å²) in [5.74, 6) is 0.472. The zero-order valence-corrected chi connectivity index (χ0v) is 7.59. The average molecular weight is 201 g/mol. The number of aromatic nitrogens is 2. The van der Waals surface area contributed by atoms with Gasteiger partial charge in [0.15, 0.2) is 0 Å². The number of hydrogen-bond donors (Lipinski definition) is 0. The van der Waals surface area contributed by atoms with Crippen LogP contribution < -0.4 is 0 Å².